The number of hydrogen-bond donors (Lipinski definition) is 0. The Morgan fingerprint density at radius 1 is 0.829 bits per heavy atom. The molecule has 0 aliphatic carbocycles. The fourth-order valence-electron chi connectivity index (χ4n) is 4.97. The molecule has 7 aromatic rings. The van der Waals surface area contributed by atoms with Gasteiger partial charge in [-0.05, 0) is 41.8 Å². The summed E-state index contributed by atoms with van der Waals surface area (Å²) in [6.07, 6.45) is 1.91. The second-order valence-corrected chi connectivity index (χ2v) is 9.11. The van der Waals surface area contributed by atoms with Gasteiger partial charge >= 0.3 is 0 Å². The van der Waals surface area contributed by atoms with Gasteiger partial charge in [0.1, 0.15) is 22.5 Å². The number of hydrogen-bond acceptors (Lipinski definition) is 3. The minimum atomic E-state index is -0.703. The molecule has 0 unspecified atom stereocenters. The molecule has 0 bridgehead atoms. The van der Waals surface area contributed by atoms with Gasteiger partial charge in [0.2, 0.25) is 0 Å². The van der Waals surface area contributed by atoms with E-state index in [0.29, 0.717) is 0 Å². The maximum atomic E-state index is 8.45. The molecule has 0 atom stereocenters. The van der Waals surface area contributed by atoms with E-state index in [0.717, 1.165) is 66.5 Å². The Kier molecular flexibility index (Phi) is 4.08. The zero-order valence-electron chi connectivity index (χ0n) is 20.5. The van der Waals surface area contributed by atoms with Crippen molar-refractivity contribution in [3.05, 3.63) is 103 Å². The Bertz CT molecular complexity index is 1930. The lowest BCUT2D eigenvalue weighted by atomic mass is 10.0. The van der Waals surface area contributed by atoms with Gasteiger partial charge in [0, 0.05) is 23.2 Å². The van der Waals surface area contributed by atoms with Gasteiger partial charge in [0.25, 0.3) is 0 Å². The Balaban J connectivity index is 1.58. The van der Waals surface area contributed by atoms with Crippen LogP contribution in [0.1, 0.15) is 26.7 Å². The third kappa shape index (κ3) is 3.00. The van der Waals surface area contributed by atoms with Crippen LogP contribution in [0.25, 0.3) is 61.0 Å². The van der Waals surface area contributed by atoms with Crippen LogP contribution in [0.3, 0.4) is 0 Å². The van der Waals surface area contributed by atoms with Gasteiger partial charge in [-0.1, -0.05) is 74.5 Å². The molecule has 168 valence electrons. The van der Waals surface area contributed by atoms with Crippen LogP contribution in [0, 0.1) is 0 Å². The molecule has 3 heterocycles. The molecule has 0 amide bonds. The number of furan rings is 1. The first-order chi connectivity index (χ1) is 17.5. The molecule has 4 aromatic carbocycles. The normalized spacial score (nSPS) is 12.7. The summed E-state index contributed by atoms with van der Waals surface area (Å²) in [5.41, 5.74) is 7.19. The highest BCUT2D eigenvalue weighted by molar-refractivity contribution is 6.10. The zero-order chi connectivity index (χ0) is 24.4. The van der Waals surface area contributed by atoms with Crippen LogP contribution in [0.4, 0.5) is 0 Å². The summed E-state index contributed by atoms with van der Waals surface area (Å²) in [6, 6.07) is 30.6. The minimum absolute atomic E-state index is 0.703. The zero-order valence-corrected chi connectivity index (χ0v) is 19.5. The monoisotopic (exact) mass is 454 g/mol. The van der Waals surface area contributed by atoms with Gasteiger partial charge < -0.3 is 4.42 Å². The summed E-state index contributed by atoms with van der Waals surface area (Å²) in [4.78, 5) is 9.93. The molecular weight excluding hydrogens is 430 g/mol. The SMILES string of the molecule is [2H]C(C)(C)c1ccc2c(c1)oc1c(-c3nc4c5ccccc5ncc4n3-c3ccccc3)cccc12. The molecule has 0 fully saturated rings. The van der Waals surface area contributed by atoms with Crippen molar-refractivity contribution in [2.24, 2.45) is 0 Å². The van der Waals surface area contributed by atoms with E-state index in [2.05, 4.69) is 47.0 Å². The lowest BCUT2D eigenvalue weighted by Gasteiger charge is -2.09. The summed E-state index contributed by atoms with van der Waals surface area (Å²) in [6.45, 7) is 3.78. The number of imidazole rings is 1. The second-order valence-electron chi connectivity index (χ2n) is 9.11. The molecule has 0 saturated heterocycles. The first-order valence-corrected chi connectivity index (χ1v) is 11.8. The molecule has 4 nitrogen and oxygen atoms in total. The van der Waals surface area contributed by atoms with Gasteiger partial charge in [-0.3, -0.25) is 9.55 Å². The highest BCUT2D eigenvalue weighted by Crippen LogP contribution is 2.39. The number of pyridine rings is 1. The van der Waals surface area contributed by atoms with Crippen molar-refractivity contribution in [1.29, 1.82) is 0 Å². The fourth-order valence-corrected chi connectivity index (χ4v) is 4.97. The average molecular weight is 455 g/mol. The number of aromatic nitrogens is 3. The topological polar surface area (TPSA) is 43.9 Å². The molecule has 0 aliphatic rings. The van der Waals surface area contributed by atoms with Crippen molar-refractivity contribution in [1.82, 2.24) is 14.5 Å². The van der Waals surface area contributed by atoms with Gasteiger partial charge in [-0.25, -0.2) is 4.98 Å². The second kappa shape index (κ2) is 7.54. The van der Waals surface area contributed by atoms with Crippen molar-refractivity contribution in [3.63, 3.8) is 0 Å². The van der Waals surface area contributed by atoms with Crippen molar-refractivity contribution >= 4 is 43.9 Å². The van der Waals surface area contributed by atoms with E-state index < -0.39 is 5.89 Å². The van der Waals surface area contributed by atoms with Crippen LogP contribution in [0.15, 0.2) is 102 Å². The highest BCUT2D eigenvalue weighted by atomic mass is 16.3. The Labute approximate surface area is 203 Å². The first-order valence-electron chi connectivity index (χ1n) is 12.3. The fraction of sp³-hybridized carbons (Fsp3) is 0.0968. The minimum Gasteiger partial charge on any atom is -0.455 e. The van der Waals surface area contributed by atoms with Gasteiger partial charge in [-0.15, -0.1) is 0 Å². The smallest absolute Gasteiger partial charge is 0.149 e. The molecule has 0 aliphatic heterocycles. The Morgan fingerprint density at radius 3 is 2.49 bits per heavy atom. The van der Waals surface area contributed by atoms with E-state index in [4.69, 9.17) is 15.8 Å². The molecule has 0 saturated carbocycles. The van der Waals surface area contributed by atoms with E-state index in [1.165, 1.54) is 0 Å². The maximum Gasteiger partial charge on any atom is 0.149 e. The van der Waals surface area contributed by atoms with Crippen molar-refractivity contribution < 1.29 is 5.79 Å². The first kappa shape index (κ1) is 18.9. The molecule has 7 rings (SSSR count). The maximum absolute atomic E-state index is 8.45. The number of nitrogens with zero attached hydrogens (tertiary/aromatic N) is 3. The van der Waals surface area contributed by atoms with E-state index in [1.807, 2.05) is 68.6 Å². The van der Waals surface area contributed by atoms with E-state index in [1.54, 1.807) is 0 Å². The standard InChI is InChI=1S/C31H23N3O/c1-19(2)20-15-16-22-23-12-8-13-25(30(23)35-28(22)17-20)31-33-29-24-11-6-7-14-26(24)32-18-27(29)34(31)21-9-4-3-5-10-21/h3-19H,1-2H3/i19D. The highest BCUT2D eigenvalue weighted by Gasteiger charge is 2.21. The van der Waals surface area contributed by atoms with E-state index in [9.17, 15) is 0 Å². The van der Waals surface area contributed by atoms with Crippen molar-refractivity contribution in [2.75, 3.05) is 0 Å². The van der Waals surface area contributed by atoms with Crippen molar-refractivity contribution in [2.45, 2.75) is 19.7 Å². The number of rotatable bonds is 3. The lowest BCUT2D eigenvalue weighted by Crippen LogP contribution is -1.97. The van der Waals surface area contributed by atoms with E-state index >= 15 is 0 Å². The third-order valence-corrected chi connectivity index (χ3v) is 6.73. The lowest BCUT2D eigenvalue weighted by molar-refractivity contribution is 0.667. The Morgan fingerprint density at radius 2 is 1.63 bits per heavy atom. The number of para-hydroxylation sites is 3. The molecule has 0 radical (unpaired) electrons. The van der Waals surface area contributed by atoms with Gasteiger partial charge in [0.05, 0.1) is 22.8 Å². The quantitative estimate of drug-likeness (QED) is 0.270. The van der Waals surface area contributed by atoms with Gasteiger partial charge in [-0.2, -0.15) is 0 Å². The number of fused-ring (bicyclic) bond motifs is 6. The van der Waals surface area contributed by atoms with Gasteiger partial charge in [0.15, 0.2) is 0 Å². The third-order valence-electron chi connectivity index (χ3n) is 6.73. The summed E-state index contributed by atoms with van der Waals surface area (Å²) >= 11 is 0. The van der Waals surface area contributed by atoms with Crippen LogP contribution >= 0.6 is 0 Å². The van der Waals surface area contributed by atoms with E-state index in [-0.39, 0.29) is 0 Å². The van der Waals surface area contributed by atoms with Crippen LogP contribution in [0.5, 0.6) is 0 Å². The molecule has 0 N–H and O–H groups in total. The van der Waals surface area contributed by atoms with Crippen LogP contribution < -0.4 is 0 Å². The molecular formula is C31H23N3O. The van der Waals surface area contributed by atoms with Crippen LogP contribution in [-0.4, -0.2) is 14.5 Å². The molecule has 35 heavy (non-hydrogen) atoms. The van der Waals surface area contributed by atoms with Crippen LogP contribution in [-0.2, 0) is 0 Å². The average Bonchev–Trinajstić information content (AvgIpc) is 3.47. The largest absolute Gasteiger partial charge is 0.455 e. The van der Waals surface area contributed by atoms with Crippen LogP contribution in [0.2, 0.25) is 0 Å². The summed E-state index contributed by atoms with van der Waals surface area (Å²) in [5, 5.41) is 3.09. The summed E-state index contributed by atoms with van der Waals surface area (Å²) < 4.78 is 17.1. The molecule has 0 spiro atoms. The summed E-state index contributed by atoms with van der Waals surface area (Å²) in [7, 11) is 0. The Hall–Kier alpha value is -4.44. The summed E-state index contributed by atoms with van der Waals surface area (Å²) in [5.74, 6) is 0.103. The molecule has 3 aromatic heterocycles. The predicted molar refractivity (Wildman–Crippen MR) is 143 cm³/mol. The predicted octanol–water partition coefficient (Wildman–Crippen LogP) is 8.26. The number of benzene rings is 4. The van der Waals surface area contributed by atoms with Crippen molar-refractivity contribution in [3.8, 4) is 17.1 Å². The molecule has 4 heteroatoms.